The second-order valence-corrected chi connectivity index (χ2v) is 5.94. The van der Waals surface area contributed by atoms with E-state index in [4.69, 9.17) is 4.18 Å². The van der Waals surface area contributed by atoms with E-state index in [9.17, 15) is 5.11 Å². The van der Waals surface area contributed by atoms with Gasteiger partial charge in [0, 0.05) is 40.8 Å². The minimum Gasteiger partial charge on any atom is -0.505 e. The number of nitrogens with zero attached hydrogens (tertiary/aromatic N) is 4. The van der Waals surface area contributed by atoms with E-state index >= 15 is 0 Å². The summed E-state index contributed by atoms with van der Waals surface area (Å²) >= 11 is 1.26. The zero-order valence-corrected chi connectivity index (χ0v) is 13.8. The summed E-state index contributed by atoms with van der Waals surface area (Å²) in [5.41, 5.74) is 1.28. The maximum Gasteiger partial charge on any atom is 0.173 e. The van der Waals surface area contributed by atoms with Gasteiger partial charge in [0.2, 0.25) is 0 Å². The molecule has 0 spiro atoms. The van der Waals surface area contributed by atoms with Crippen LogP contribution in [0.15, 0.2) is 51.5 Å². The SMILES string of the molecule is COSc1cccc2c(O)c(N=Nc3cc(C)nn3C)ccc12. The van der Waals surface area contributed by atoms with Crippen molar-refractivity contribution in [3.8, 4) is 5.75 Å². The van der Waals surface area contributed by atoms with E-state index in [0.717, 1.165) is 16.0 Å². The van der Waals surface area contributed by atoms with Crippen LogP contribution in [-0.4, -0.2) is 22.0 Å². The Morgan fingerprint density at radius 3 is 2.70 bits per heavy atom. The fourth-order valence-electron chi connectivity index (χ4n) is 2.34. The molecule has 2 aromatic carbocycles. The lowest BCUT2D eigenvalue weighted by Gasteiger charge is -2.07. The first-order valence-corrected chi connectivity index (χ1v) is 7.72. The summed E-state index contributed by atoms with van der Waals surface area (Å²) in [6.45, 7) is 1.89. The molecule has 0 aliphatic heterocycles. The summed E-state index contributed by atoms with van der Waals surface area (Å²) in [6, 6.07) is 11.1. The molecule has 7 heteroatoms. The lowest BCUT2D eigenvalue weighted by Crippen LogP contribution is -1.88. The molecule has 1 heterocycles. The average Bonchev–Trinajstić information content (AvgIpc) is 2.85. The van der Waals surface area contributed by atoms with Crippen molar-refractivity contribution in [1.29, 1.82) is 0 Å². The van der Waals surface area contributed by atoms with Crippen LogP contribution in [0.25, 0.3) is 10.8 Å². The zero-order chi connectivity index (χ0) is 16.4. The highest BCUT2D eigenvalue weighted by Crippen LogP contribution is 2.39. The number of hydrogen-bond acceptors (Lipinski definition) is 6. The lowest BCUT2D eigenvalue weighted by molar-refractivity contribution is 0.482. The number of aromatic hydroxyl groups is 1. The number of fused-ring (bicyclic) bond motifs is 1. The summed E-state index contributed by atoms with van der Waals surface area (Å²) in [6.07, 6.45) is 0. The molecule has 1 N–H and O–H groups in total. The van der Waals surface area contributed by atoms with Crippen molar-refractivity contribution in [2.24, 2.45) is 17.3 Å². The molecule has 0 unspecified atom stereocenters. The van der Waals surface area contributed by atoms with Crippen LogP contribution in [0.3, 0.4) is 0 Å². The average molecular weight is 328 g/mol. The quantitative estimate of drug-likeness (QED) is 0.558. The van der Waals surface area contributed by atoms with Gasteiger partial charge in [-0.05, 0) is 19.1 Å². The Morgan fingerprint density at radius 1 is 1.17 bits per heavy atom. The Kier molecular flexibility index (Phi) is 4.31. The Labute approximate surface area is 138 Å². The third-order valence-corrected chi connectivity index (χ3v) is 4.08. The standard InChI is InChI=1S/C16H16N4O2S/c1-10-9-15(20(2)19-10)18-17-13-8-7-11-12(16(13)21)5-4-6-14(11)23-22-3/h4-9,21H,1-3H3. The van der Waals surface area contributed by atoms with Crippen molar-refractivity contribution in [2.45, 2.75) is 11.8 Å². The van der Waals surface area contributed by atoms with E-state index in [1.54, 1.807) is 24.9 Å². The lowest BCUT2D eigenvalue weighted by atomic mass is 10.1. The smallest absolute Gasteiger partial charge is 0.173 e. The summed E-state index contributed by atoms with van der Waals surface area (Å²) < 4.78 is 6.75. The van der Waals surface area contributed by atoms with Crippen molar-refractivity contribution in [1.82, 2.24) is 9.78 Å². The number of aromatic nitrogens is 2. The highest BCUT2D eigenvalue weighted by Gasteiger charge is 2.10. The van der Waals surface area contributed by atoms with Gasteiger partial charge in [0.1, 0.15) is 5.69 Å². The number of phenols is 1. The molecule has 6 nitrogen and oxygen atoms in total. The largest absolute Gasteiger partial charge is 0.505 e. The molecule has 0 saturated heterocycles. The van der Waals surface area contributed by atoms with Gasteiger partial charge >= 0.3 is 0 Å². The summed E-state index contributed by atoms with van der Waals surface area (Å²) in [7, 11) is 3.41. The normalized spacial score (nSPS) is 11.6. The van der Waals surface area contributed by atoms with Crippen molar-refractivity contribution in [3.05, 3.63) is 42.1 Å². The molecular weight excluding hydrogens is 312 g/mol. The van der Waals surface area contributed by atoms with E-state index < -0.39 is 0 Å². The zero-order valence-electron chi connectivity index (χ0n) is 13.0. The minimum atomic E-state index is 0.101. The van der Waals surface area contributed by atoms with Crippen LogP contribution in [0.4, 0.5) is 11.5 Å². The van der Waals surface area contributed by atoms with Crippen LogP contribution < -0.4 is 0 Å². The van der Waals surface area contributed by atoms with Gasteiger partial charge in [-0.1, -0.05) is 18.2 Å². The van der Waals surface area contributed by atoms with Gasteiger partial charge in [0.05, 0.1) is 12.8 Å². The van der Waals surface area contributed by atoms with Crippen LogP contribution in [0, 0.1) is 6.92 Å². The van der Waals surface area contributed by atoms with Crippen LogP contribution in [-0.2, 0) is 11.2 Å². The Balaban J connectivity index is 2.02. The Hall–Kier alpha value is -2.38. The molecule has 23 heavy (non-hydrogen) atoms. The van der Waals surface area contributed by atoms with Gasteiger partial charge in [-0.25, -0.2) is 4.68 Å². The highest BCUT2D eigenvalue weighted by molar-refractivity contribution is 7.94. The molecule has 0 saturated carbocycles. The number of azo groups is 1. The van der Waals surface area contributed by atoms with Gasteiger partial charge < -0.3 is 9.29 Å². The maximum absolute atomic E-state index is 10.5. The minimum absolute atomic E-state index is 0.101. The first-order valence-electron chi connectivity index (χ1n) is 6.98. The molecule has 1 aromatic heterocycles. The topological polar surface area (TPSA) is 72.0 Å². The molecule has 0 bridgehead atoms. The number of aryl methyl sites for hydroxylation is 2. The second kappa shape index (κ2) is 6.39. The fourth-order valence-corrected chi connectivity index (χ4v) is 2.92. The van der Waals surface area contributed by atoms with E-state index in [-0.39, 0.29) is 5.75 Å². The van der Waals surface area contributed by atoms with E-state index in [1.165, 1.54) is 12.0 Å². The molecule has 0 aliphatic carbocycles. The third kappa shape index (κ3) is 3.06. The molecule has 118 valence electrons. The third-order valence-electron chi connectivity index (χ3n) is 3.38. The maximum atomic E-state index is 10.5. The molecule has 0 atom stereocenters. The van der Waals surface area contributed by atoms with Crippen molar-refractivity contribution < 1.29 is 9.29 Å². The second-order valence-electron chi connectivity index (χ2n) is 5.00. The summed E-state index contributed by atoms with van der Waals surface area (Å²) in [5.74, 6) is 0.731. The molecule has 0 aliphatic rings. The van der Waals surface area contributed by atoms with Gasteiger partial charge in [0.15, 0.2) is 11.6 Å². The van der Waals surface area contributed by atoms with Gasteiger partial charge in [-0.2, -0.15) is 5.10 Å². The summed E-state index contributed by atoms with van der Waals surface area (Å²) in [4.78, 5) is 0.936. The summed E-state index contributed by atoms with van der Waals surface area (Å²) in [5, 5.41) is 24.6. The Bertz CT molecular complexity index is 889. The van der Waals surface area contributed by atoms with Gasteiger partial charge in [-0.3, -0.25) is 0 Å². The molecule has 0 radical (unpaired) electrons. The number of phenolic OH excluding ortho intramolecular Hbond substituents is 1. The van der Waals surface area contributed by atoms with Crippen molar-refractivity contribution >= 4 is 34.3 Å². The van der Waals surface area contributed by atoms with Crippen molar-refractivity contribution in [2.75, 3.05) is 7.11 Å². The highest BCUT2D eigenvalue weighted by atomic mass is 32.2. The fraction of sp³-hybridized carbons (Fsp3) is 0.188. The van der Waals surface area contributed by atoms with Crippen LogP contribution in [0.5, 0.6) is 5.75 Å². The molecule has 0 amide bonds. The number of benzene rings is 2. The van der Waals surface area contributed by atoms with Gasteiger partial charge in [0.25, 0.3) is 0 Å². The number of hydrogen-bond donors (Lipinski definition) is 1. The van der Waals surface area contributed by atoms with E-state index in [2.05, 4.69) is 15.3 Å². The molecule has 3 rings (SSSR count). The van der Waals surface area contributed by atoms with E-state index in [1.807, 2.05) is 37.3 Å². The first kappa shape index (κ1) is 15.5. The molecule has 3 aromatic rings. The predicted molar refractivity (Wildman–Crippen MR) is 90.6 cm³/mol. The molecule has 0 fully saturated rings. The van der Waals surface area contributed by atoms with Crippen molar-refractivity contribution in [3.63, 3.8) is 0 Å². The number of rotatable bonds is 4. The predicted octanol–water partition coefficient (Wildman–Crippen LogP) is 4.66. The Morgan fingerprint density at radius 2 is 2.00 bits per heavy atom. The van der Waals surface area contributed by atoms with Crippen LogP contribution >= 0.6 is 12.0 Å². The molecular formula is C16H16N4O2S. The monoisotopic (exact) mass is 328 g/mol. The first-order chi connectivity index (χ1) is 11.1. The van der Waals surface area contributed by atoms with Crippen LogP contribution in [0.1, 0.15) is 5.69 Å². The van der Waals surface area contributed by atoms with Crippen LogP contribution in [0.2, 0.25) is 0 Å². The van der Waals surface area contributed by atoms with Gasteiger partial charge in [-0.15, -0.1) is 10.2 Å². The van der Waals surface area contributed by atoms with E-state index in [0.29, 0.717) is 16.9 Å².